The first-order valence-electron chi connectivity index (χ1n) is 7.37. The summed E-state index contributed by atoms with van der Waals surface area (Å²) < 4.78 is 11.5. The molecule has 1 N–H and O–H groups in total. The van der Waals surface area contributed by atoms with E-state index in [0.29, 0.717) is 21.6 Å². The third-order valence-corrected chi connectivity index (χ3v) is 5.03. The van der Waals surface area contributed by atoms with E-state index in [1.54, 1.807) is 26.4 Å². The van der Waals surface area contributed by atoms with E-state index in [0.717, 1.165) is 15.7 Å². The van der Waals surface area contributed by atoms with Gasteiger partial charge in [-0.05, 0) is 64.1 Å². The molecule has 0 saturated carbocycles. The van der Waals surface area contributed by atoms with E-state index >= 15 is 0 Å². The molecule has 5 nitrogen and oxygen atoms in total. The van der Waals surface area contributed by atoms with E-state index in [1.807, 2.05) is 36.4 Å². The summed E-state index contributed by atoms with van der Waals surface area (Å²) in [6.07, 6.45) is 1.77. The first-order valence-corrected chi connectivity index (χ1v) is 8.98. The Morgan fingerprint density at radius 2 is 1.96 bits per heavy atom. The van der Waals surface area contributed by atoms with E-state index in [1.165, 1.54) is 11.8 Å². The number of rotatable bonds is 4. The van der Waals surface area contributed by atoms with Crippen LogP contribution in [0, 0.1) is 0 Å². The lowest BCUT2D eigenvalue weighted by Gasteiger charge is -2.07. The first kappa shape index (κ1) is 17.6. The number of para-hydroxylation sites is 1. The molecule has 0 aliphatic carbocycles. The van der Waals surface area contributed by atoms with E-state index < -0.39 is 0 Å². The van der Waals surface area contributed by atoms with Crippen molar-refractivity contribution in [2.75, 3.05) is 14.2 Å². The number of carbonyl (C=O) groups excluding carboxylic acids is 1. The number of halogens is 1. The third kappa shape index (κ3) is 4.05. The second kappa shape index (κ2) is 7.76. The fraction of sp³-hybridized carbons (Fsp3) is 0.111. The molecule has 0 radical (unpaired) electrons. The highest BCUT2D eigenvalue weighted by molar-refractivity contribution is 9.10. The molecule has 2 aromatic carbocycles. The van der Waals surface area contributed by atoms with Gasteiger partial charge in [-0.3, -0.25) is 4.79 Å². The normalized spacial score (nSPS) is 17.0. The Labute approximate surface area is 158 Å². The maximum absolute atomic E-state index is 12.3. The quantitative estimate of drug-likeness (QED) is 0.749. The number of nitrogens with one attached hydrogen (secondary N) is 1. The van der Waals surface area contributed by atoms with Gasteiger partial charge in [-0.15, -0.1) is 0 Å². The molecule has 1 amide bonds. The molecule has 2 aromatic rings. The number of methoxy groups -OCH3 is 2. The van der Waals surface area contributed by atoms with Crippen LogP contribution in [0.4, 0.5) is 5.69 Å². The summed E-state index contributed by atoms with van der Waals surface area (Å²) in [4.78, 5) is 17.3. The monoisotopic (exact) mass is 418 g/mol. The van der Waals surface area contributed by atoms with Crippen LogP contribution in [0.5, 0.6) is 11.5 Å². The van der Waals surface area contributed by atoms with Gasteiger partial charge in [0.25, 0.3) is 5.91 Å². The van der Waals surface area contributed by atoms with Crippen molar-refractivity contribution in [2.45, 2.75) is 0 Å². The molecular formula is C18H15BrN2O3S. The molecule has 0 atom stereocenters. The van der Waals surface area contributed by atoms with Crippen molar-refractivity contribution >= 4 is 50.5 Å². The molecule has 1 aliphatic heterocycles. The van der Waals surface area contributed by atoms with E-state index in [9.17, 15) is 4.79 Å². The first-order chi connectivity index (χ1) is 12.1. The molecule has 25 heavy (non-hydrogen) atoms. The van der Waals surface area contributed by atoms with Crippen LogP contribution < -0.4 is 14.8 Å². The number of benzene rings is 2. The van der Waals surface area contributed by atoms with Crippen molar-refractivity contribution < 1.29 is 14.3 Å². The summed E-state index contributed by atoms with van der Waals surface area (Å²) in [7, 11) is 3.18. The van der Waals surface area contributed by atoms with Crippen LogP contribution in [-0.2, 0) is 4.79 Å². The molecule has 0 spiro atoms. The van der Waals surface area contributed by atoms with Crippen molar-refractivity contribution in [1.82, 2.24) is 5.32 Å². The standard InChI is InChI=1S/C18H15BrN2O3S/c1-23-12-7-8-15(24-2)11(9-12)10-16-17(22)21-18(25-16)20-14-6-4-3-5-13(14)19/h3-10H,1-2H3,(H,20,21,22)/b16-10-. The van der Waals surface area contributed by atoms with Gasteiger partial charge in [-0.1, -0.05) is 12.1 Å². The van der Waals surface area contributed by atoms with Crippen molar-refractivity contribution in [3.05, 3.63) is 57.4 Å². The summed E-state index contributed by atoms with van der Waals surface area (Å²) in [6, 6.07) is 13.0. The molecule has 0 unspecified atom stereocenters. The Balaban J connectivity index is 1.91. The number of aliphatic imine (C=N–C) groups is 1. The van der Waals surface area contributed by atoms with Crippen molar-refractivity contribution in [3.8, 4) is 11.5 Å². The third-order valence-electron chi connectivity index (χ3n) is 3.45. The van der Waals surface area contributed by atoms with E-state index in [4.69, 9.17) is 9.47 Å². The van der Waals surface area contributed by atoms with Crippen molar-refractivity contribution in [3.63, 3.8) is 0 Å². The van der Waals surface area contributed by atoms with Crippen LogP contribution >= 0.6 is 27.7 Å². The average molecular weight is 419 g/mol. The zero-order valence-corrected chi connectivity index (χ0v) is 16.0. The molecule has 1 aliphatic rings. The molecule has 0 aromatic heterocycles. The fourth-order valence-electron chi connectivity index (χ4n) is 2.23. The van der Waals surface area contributed by atoms with Crippen LogP contribution in [-0.4, -0.2) is 25.3 Å². The maximum atomic E-state index is 12.3. The van der Waals surface area contributed by atoms with Crippen LogP contribution in [0.1, 0.15) is 5.56 Å². The molecule has 1 heterocycles. The smallest absolute Gasteiger partial charge is 0.264 e. The van der Waals surface area contributed by atoms with Gasteiger partial charge >= 0.3 is 0 Å². The van der Waals surface area contributed by atoms with Crippen LogP contribution in [0.15, 0.2) is 56.8 Å². The van der Waals surface area contributed by atoms with Crippen LogP contribution in [0.3, 0.4) is 0 Å². The number of amides is 1. The van der Waals surface area contributed by atoms with Crippen molar-refractivity contribution in [1.29, 1.82) is 0 Å². The Kier molecular flexibility index (Phi) is 5.45. The molecule has 1 saturated heterocycles. The Hall–Kier alpha value is -2.25. The fourth-order valence-corrected chi connectivity index (χ4v) is 3.42. The second-order valence-corrected chi connectivity index (χ2v) is 6.93. The lowest BCUT2D eigenvalue weighted by atomic mass is 10.1. The Bertz CT molecular complexity index is 880. The SMILES string of the molecule is COc1ccc(OC)c(/C=C2\SC(=Nc3ccccc3Br)NC2=O)c1. The minimum Gasteiger partial charge on any atom is -0.497 e. The lowest BCUT2D eigenvalue weighted by molar-refractivity contribution is -0.115. The molecule has 7 heteroatoms. The van der Waals surface area contributed by atoms with Gasteiger partial charge in [0.15, 0.2) is 5.17 Å². The van der Waals surface area contributed by atoms with Crippen LogP contribution in [0.25, 0.3) is 6.08 Å². The predicted octanol–water partition coefficient (Wildman–Crippen LogP) is 4.36. The maximum Gasteiger partial charge on any atom is 0.264 e. The molecular weight excluding hydrogens is 404 g/mol. The molecule has 3 rings (SSSR count). The minimum absolute atomic E-state index is 0.194. The highest BCUT2D eigenvalue weighted by Crippen LogP contribution is 2.33. The number of carbonyl (C=O) groups is 1. The average Bonchev–Trinajstić information content (AvgIpc) is 2.96. The van der Waals surface area contributed by atoms with Gasteiger partial charge in [0, 0.05) is 10.0 Å². The van der Waals surface area contributed by atoms with Gasteiger partial charge in [0.05, 0.1) is 24.8 Å². The Morgan fingerprint density at radius 3 is 2.68 bits per heavy atom. The largest absolute Gasteiger partial charge is 0.497 e. The Morgan fingerprint density at radius 1 is 1.16 bits per heavy atom. The summed E-state index contributed by atoms with van der Waals surface area (Å²) in [5.41, 5.74) is 1.52. The summed E-state index contributed by atoms with van der Waals surface area (Å²) in [5, 5.41) is 3.31. The van der Waals surface area contributed by atoms with Gasteiger partial charge in [0.2, 0.25) is 0 Å². The van der Waals surface area contributed by atoms with E-state index in [2.05, 4.69) is 26.2 Å². The van der Waals surface area contributed by atoms with Gasteiger partial charge in [-0.25, -0.2) is 4.99 Å². The zero-order chi connectivity index (χ0) is 17.8. The molecule has 128 valence electrons. The summed E-state index contributed by atoms with van der Waals surface area (Å²) in [5.74, 6) is 1.16. The highest BCUT2D eigenvalue weighted by Gasteiger charge is 2.24. The number of hydrogen-bond acceptors (Lipinski definition) is 5. The minimum atomic E-state index is -0.194. The van der Waals surface area contributed by atoms with Crippen LogP contribution in [0.2, 0.25) is 0 Å². The van der Waals surface area contributed by atoms with E-state index in [-0.39, 0.29) is 5.91 Å². The highest BCUT2D eigenvalue weighted by atomic mass is 79.9. The summed E-state index contributed by atoms with van der Waals surface area (Å²) in [6.45, 7) is 0. The summed E-state index contributed by atoms with van der Waals surface area (Å²) >= 11 is 4.73. The number of amidine groups is 1. The molecule has 1 fully saturated rings. The van der Waals surface area contributed by atoms with Gasteiger partial charge < -0.3 is 14.8 Å². The zero-order valence-electron chi connectivity index (χ0n) is 13.6. The van der Waals surface area contributed by atoms with Crippen molar-refractivity contribution in [2.24, 2.45) is 4.99 Å². The second-order valence-electron chi connectivity index (χ2n) is 5.04. The number of thioether (sulfide) groups is 1. The predicted molar refractivity (Wildman–Crippen MR) is 104 cm³/mol. The number of hydrogen-bond donors (Lipinski definition) is 1. The number of nitrogens with zero attached hydrogens (tertiary/aromatic N) is 1. The number of ether oxygens (including phenoxy) is 2. The lowest BCUT2D eigenvalue weighted by Crippen LogP contribution is -2.19. The van der Waals surface area contributed by atoms with Gasteiger partial charge in [-0.2, -0.15) is 0 Å². The van der Waals surface area contributed by atoms with Gasteiger partial charge in [0.1, 0.15) is 11.5 Å². The topological polar surface area (TPSA) is 59.9 Å². The molecule has 0 bridgehead atoms.